The Morgan fingerprint density at radius 3 is 2.50 bits per heavy atom. The van der Waals surface area contributed by atoms with Crippen molar-refractivity contribution in [2.45, 2.75) is 6.18 Å². The maximum atomic E-state index is 13.1. The summed E-state index contributed by atoms with van der Waals surface area (Å²) in [5.41, 5.74) is -1.45. The van der Waals surface area contributed by atoms with Crippen molar-refractivity contribution in [1.82, 2.24) is 4.90 Å². The van der Waals surface area contributed by atoms with Crippen LogP contribution in [0.4, 0.5) is 28.0 Å². The van der Waals surface area contributed by atoms with Gasteiger partial charge < -0.3 is 10.2 Å². The minimum atomic E-state index is -4.79. The fourth-order valence-corrected chi connectivity index (χ4v) is 2.69. The van der Waals surface area contributed by atoms with Gasteiger partial charge in [0.1, 0.15) is 5.82 Å². The van der Waals surface area contributed by atoms with Crippen molar-refractivity contribution >= 4 is 23.5 Å². The van der Waals surface area contributed by atoms with Gasteiger partial charge >= 0.3 is 12.2 Å². The van der Waals surface area contributed by atoms with Crippen molar-refractivity contribution in [3.05, 3.63) is 29.6 Å². The molecule has 0 aromatic heterocycles. The van der Waals surface area contributed by atoms with E-state index in [0.717, 1.165) is 17.6 Å². The zero-order valence-electron chi connectivity index (χ0n) is 10.3. The predicted octanol–water partition coefficient (Wildman–Crippen LogP) is 3.43. The normalized spacial score (nSPS) is 16.1. The first kappa shape index (κ1) is 15.0. The van der Waals surface area contributed by atoms with Crippen LogP contribution in [0, 0.1) is 5.82 Å². The van der Waals surface area contributed by atoms with E-state index in [0.29, 0.717) is 25.2 Å². The van der Waals surface area contributed by atoms with E-state index >= 15 is 0 Å². The second-order valence-corrected chi connectivity index (χ2v) is 5.45. The van der Waals surface area contributed by atoms with Crippen LogP contribution in [0.25, 0.3) is 0 Å². The molecule has 1 saturated heterocycles. The molecule has 1 N–H and O–H groups in total. The molecule has 1 aliphatic rings. The Hall–Kier alpha value is -1.44. The molecule has 20 heavy (non-hydrogen) atoms. The highest BCUT2D eigenvalue weighted by atomic mass is 32.2. The number of urea groups is 1. The predicted molar refractivity (Wildman–Crippen MR) is 69.3 cm³/mol. The molecule has 0 radical (unpaired) electrons. The molecule has 110 valence electrons. The highest BCUT2D eigenvalue weighted by molar-refractivity contribution is 7.99. The van der Waals surface area contributed by atoms with E-state index in [1.165, 1.54) is 4.90 Å². The monoisotopic (exact) mass is 308 g/mol. The number of amides is 2. The number of thioether (sulfide) groups is 1. The quantitative estimate of drug-likeness (QED) is 0.806. The largest absolute Gasteiger partial charge is 0.419 e. The number of nitrogens with zero attached hydrogens (tertiary/aromatic N) is 1. The molecule has 0 bridgehead atoms. The lowest BCUT2D eigenvalue weighted by molar-refractivity contribution is -0.139. The highest BCUT2D eigenvalue weighted by Gasteiger charge is 2.34. The Bertz CT molecular complexity index is 501. The van der Waals surface area contributed by atoms with Crippen LogP contribution in [0.3, 0.4) is 0 Å². The minimum absolute atomic E-state index is 0.0676. The first-order valence-corrected chi connectivity index (χ1v) is 7.04. The van der Waals surface area contributed by atoms with Gasteiger partial charge in [-0.3, -0.25) is 0 Å². The summed E-state index contributed by atoms with van der Waals surface area (Å²) >= 11 is 1.71. The number of rotatable bonds is 1. The molecule has 0 aliphatic carbocycles. The van der Waals surface area contributed by atoms with Gasteiger partial charge in [0.05, 0.1) is 5.56 Å². The molecule has 1 aromatic rings. The first-order valence-electron chi connectivity index (χ1n) is 5.88. The summed E-state index contributed by atoms with van der Waals surface area (Å²) in [6.07, 6.45) is -4.79. The summed E-state index contributed by atoms with van der Waals surface area (Å²) in [6.45, 7) is 1.09. The van der Waals surface area contributed by atoms with E-state index in [2.05, 4.69) is 5.32 Å². The molecule has 3 nitrogen and oxygen atoms in total. The SMILES string of the molecule is O=C(Nc1ccc(F)c(C(F)(F)F)c1)N1CCSCC1. The van der Waals surface area contributed by atoms with Crippen molar-refractivity contribution in [2.75, 3.05) is 29.9 Å². The maximum Gasteiger partial charge on any atom is 0.419 e. The van der Waals surface area contributed by atoms with Gasteiger partial charge in [-0.25, -0.2) is 9.18 Å². The van der Waals surface area contributed by atoms with Crippen LogP contribution in [0.5, 0.6) is 0 Å². The van der Waals surface area contributed by atoms with Crippen molar-refractivity contribution in [3.8, 4) is 0 Å². The van der Waals surface area contributed by atoms with E-state index < -0.39 is 23.6 Å². The maximum absolute atomic E-state index is 13.1. The summed E-state index contributed by atoms with van der Waals surface area (Å²) in [5, 5.41) is 2.36. The third kappa shape index (κ3) is 3.56. The van der Waals surface area contributed by atoms with Crippen molar-refractivity contribution in [2.24, 2.45) is 0 Å². The molecule has 1 aromatic carbocycles. The lowest BCUT2D eigenvalue weighted by atomic mass is 10.2. The van der Waals surface area contributed by atoms with Gasteiger partial charge in [0.15, 0.2) is 0 Å². The molecule has 8 heteroatoms. The number of nitrogens with one attached hydrogen (secondary N) is 1. The lowest BCUT2D eigenvalue weighted by Gasteiger charge is -2.26. The second kappa shape index (κ2) is 5.90. The molecule has 2 amide bonds. The number of carbonyl (C=O) groups is 1. The lowest BCUT2D eigenvalue weighted by Crippen LogP contribution is -2.40. The summed E-state index contributed by atoms with van der Waals surface area (Å²) in [5.74, 6) is 0.236. The van der Waals surface area contributed by atoms with Gasteiger partial charge in [-0.05, 0) is 18.2 Å². The zero-order chi connectivity index (χ0) is 14.8. The van der Waals surface area contributed by atoms with Crippen LogP contribution in [0.15, 0.2) is 18.2 Å². The Balaban J connectivity index is 2.11. The van der Waals surface area contributed by atoms with Crippen LogP contribution < -0.4 is 5.32 Å². The summed E-state index contributed by atoms with van der Waals surface area (Å²) in [6, 6.07) is 1.95. The third-order valence-electron chi connectivity index (χ3n) is 2.82. The number of carbonyl (C=O) groups excluding carboxylic acids is 1. The van der Waals surface area contributed by atoms with E-state index in [1.54, 1.807) is 11.8 Å². The van der Waals surface area contributed by atoms with E-state index in [4.69, 9.17) is 0 Å². The summed E-state index contributed by atoms with van der Waals surface area (Å²) < 4.78 is 50.8. The molecule has 2 rings (SSSR count). The molecule has 0 atom stereocenters. The number of hydrogen-bond acceptors (Lipinski definition) is 2. The van der Waals surface area contributed by atoms with Crippen LogP contribution >= 0.6 is 11.8 Å². The van der Waals surface area contributed by atoms with Crippen molar-refractivity contribution in [1.29, 1.82) is 0 Å². The van der Waals surface area contributed by atoms with Crippen LogP contribution in [-0.4, -0.2) is 35.5 Å². The Kier molecular flexibility index (Phi) is 4.42. The smallest absolute Gasteiger partial charge is 0.323 e. The molecule has 1 heterocycles. The van der Waals surface area contributed by atoms with Gasteiger partial charge in [0, 0.05) is 30.3 Å². The molecule has 0 saturated carbocycles. The van der Waals surface area contributed by atoms with E-state index in [9.17, 15) is 22.4 Å². The molecular formula is C12H12F4N2OS. The van der Waals surface area contributed by atoms with Crippen LogP contribution in [0.1, 0.15) is 5.56 Å². The zero-order valence-corrected chi connectivity index (χ0v) is 11.2. The number of alkyl halides is 3. The number of benzene rings is 1. The summed E-state index contributed by atoms with van der Waals surface area (Å²) in [4.78, 5) is 13.4. The fourth-order valence-electron chi connectivity index (χ4n) is 1.79. The second-order valence-electron chi connectivity index (χ2n) is 4.22. The van der Waals surface area contributed by atoms with Crippen LogP contribution in [-0.2, 0) is 6.18 Å². The van der Waals surface area contributed by atoms with Gasteiger partial charge in [-0.2, -0.15) is 24.9 Å². The fraction of sp³-hybridized carbons (Fsp3) is 0.417. The Labute approximate surface area is 117 Å². The summed E-state index contributed by atoms with van der Waals surface area (Å²) in [7, 11) is 0. The average molecular weight is 308 g/mol. The van der Waals surface area contributed by atoms with Crippen LogP contribution in [0.2, 0.25) is 0 Å². The molecule has 0 spiro atoms. The topological polar surface area (TPSA) is 32.3 Å². The molecule has 0 unspecified atom stereocenters. The Morgan fingerprint density at radius 1 is 1.25 bits per heavy atom. The Morgan fingerprint density at radius 2 is 1.90 bits per heavy atom. The standard InChI is InChI=1S/C12H12F4N2OS/c13-10-2-1-8(7-9(10)12(14,15)16)17-11(19)18-3-5-20-6-4-18/h1-2,7H,3-6H2,(H,17,19). The van der Waals surface area contributed by atoms with Gasteiger partial charge in [0.2, 0.25) is 0 Å². The molecule has 1 fully saturated rings. The number of anilines is 1. The average Bonchev–Trinajstić information content (AvgIpc) is 2.40. The van der Waals surface area contributed by atoms with Gasteiger partial charge in [-0.15, -0.1) is 0 Å². The number of halogens is 4. The third-order valence-corrected chi connectivity index (χ3v) is 3.76. The van der Waals surface area contributed by atoms with Gasteiger partial charge in [-0.1, -0.05) is 0 Å². The van der Waals surface area contributed by atoms with E-state index in [-0.39, 0.29) is 5.69 Å². The highest BCUT2D eigenvalue weighted by Crippen LogP contribution is 2.33. The van der Waals surface area contributed by atoms with Gasteiger partial charge in [0.25, 0.3) is 0 Å². The molecular weight excluding hydrogens is 296 g/mol. The minimum Gasteiger partial charge on any atom is -0.323 e. The molecule has 1 aliphatic heterocycles. The van der Waals surface area contributed by atoms with E-state index in [1.807, 2.05) is 0 Å². The number of hydrogen-bond donors (Lipinski definition) is 1. The first-order chi connectivity index (χ1) is 9.38. The van der Waals surface area contributed by atoms with Crippen molar-refractivity contribution < 1.29 is 22.4 Å². The van der Waals surface area contributed by atoms with Crippen molar-refractivity contribution in [3.63, 3.8) is 0 Å².